The molecular weight excluding hydrogens is 176 g/mol. The Morgan fingerprint density at radius 2 is 1.83 bits per heavy atom. The number of carbonyl (C=O) groups excluding carboxylic acids is 1. The van der Waals surface area contributed by atoms with E-state index in [4.69, 9.17) is 5.11 Å². The molecule has 1 aliphatic rings. The van der Waals surface area contributed by atoms with Crippen molar-refractivity contribution in [1.82, 2.24) is 0 Å². The first kappa shape index (κ1) is 11.5. The number of Topliss-reactive ketones (excluding diaryl/α,β-unsaturated/α-hetero) is 1. The van der Waals surface area contributed by atoms with Gasteiger partial charge in [0, 0.05) is 17.4 Å². The molecule has 0 spiro atoms. The van der Waals surface area contributed by atoms with Gasteiger partial charge in [-0.15, -0.1) is 0 Å². The highest BCUT2D eigenvalue weighted by molar-refractivity contribution is 8.06. The van der Waals surface area contributed by atoms with Gasteiger partial charge in [-0.05, 0) is 0 Å². The van der Waals surface area contributed by atoms with Crippen molar-refractivity contribution in [3.8, 4) is 0 Å². The van der Waals surface area contributed by atoms with Crippen molar-refractivity contribution >= 4 is 23.5 Å². The van der Waals surface area contributed by atoms with Gasteiger partial charge in [-0.3, -0.25) is 9.59 Å². The maximum Gasteiger partial charge on any atom is 0.310 e. The summed E-state index contributed by atoms with van der Waals surface area (Å²) in [7, 11) is 0. The molecule has 0 saturated carbocycles. The van der Waals surface area contributed by atoms with Gasteiger partial charge < -0.3 is 5.11 Å². The Morgan fingerprint density at radius 1 is 1.42 bits per heavy atom. The maximum atomic E-state index is 10.6. The largest absolute Gasteiger partial charge is 0.481 e. The predicted molar refractivity (Wildman–Crippen MR) is 49.4 cm³/mol. The molecule has 0 atom stereocenters. The third-order valence-electron chi connectivity index (χ3n) is 1.17. The quantitative estimate of drug-likeness (QED) is 0.540. The lowest BCUT2D eigenvalue weighted by molar-refractivity contribution is -0.140. The van der Waals surface area contributed by atoms with Crippen LogP contribution in [0.15, 0.2) is 0 Å². The van der Waals surface area contributed by atoms with E-state index in [1.807, 2.05) is 11.8 Å². The molecular formula is C8H14O3S. The van der Waals surface area contributed by atoms with Crippen LogP contribution in [0.25, 0.3) is 0 Å². The summed E-state index contributed by atoms with van der Waals surface area (Å²) in [5.74, 6) is 1.40. The number of hydrogen-bond acceptors (Lipinski definition) is 3. The van der Waals surface area contributed by atoms with E-state index in [-0.39, 0.29) is 18.1 Å². The summed E-state index contributed by atoms with van der Waals surface area (Å²) in [5, 5.41) is 8.11. The molecule has 1 fully saturated rings. The van der Waals surface area contributed by atoms with E-state index in [9.17, 15) is 9.59 Å². The van der Waals surface area contributed by atoms with E-state index in [2.05, 4.69) is 0 Å². The number of thioether (sulfide) groups is 1. The third kappa shape index (κ3) is 9.49. The Bertz CT molecular complexity index is 161. The second-order valence-corrected chi connectivity index (χ2v) is 4.03. The van der Waals surface area contributed by atoms with Crippen LogP contribution in [0.5, 0.6) is 0 Å². The van der Waals surface area contributed by atoms with Gasteiger partial charge in [-0.2, -0.15) is 11.8 Å². The number of hydrogen-bond donors (Lipinski definition) is 1. The van der Waals surface area contributed by atoms with Gasteiger partial charge in [-0.25, -0.2) is 0 Å². The average molecular weight is 190 g/mol. The predicted octanol–water partition coefficient (Wildman–Crippen LogP) is 1.42. The fourth-order valence-electron chi connectivity index (χ4n) is 0.353. The van der Waals surface area contributed by atoms with Crippen molar-refractivity contribution in [2.24, 2.45) is 5.92 Å². The van der Waals surface area contributed by atoms with Gasteiger partial charge in [0.2, 0.25) is 0 Å². The first-order chi connectivity index (χ1) is 5.54. The van der Waals surface area contributed by atoms with Crippen LogP contribution >= 0.6 is 11.8 Å². The Balaban J connectivity index is 0.000000330. The maximum absolute atomic E-state index is 10.6. The highest BCUT2D eigenvalue weighted by Gasteiger charge is 2.10. The Labute approximate surface area is 76.5 Å². The molecule has 70 valence electrons. The highest BCUT2D eigenvalue weighted by Crippen LogP contribution is 2.14. The molecule has 4 heteroatoms. The van der Waals surface area contributed by atoms with Gasteiger partial charge in [0.1, 0.15) is 12.2 Å². The van der Waals surface area contributed by atoms with Crippen LogP contribution in [0.4, 0.5) is 0 Å². The lowest BCUT2D eigenvalue weighted by Gasteiger charge is -1.97. The molecule has 1 rings (SSSR count). The van der Waals surface area contributed by atoms with Gasteiger partial charge >= 0.3 is 5.97 Å². The van der Waals surface area contributed by atoms with E-state index in [0.717, 1.165) is 0 Å². The van der Waals surface area contributed by atoms with E-state index in [1.165, 1.54) is 11.5 Å². The summed E-state index contributed by atoms with van der Waals surface area (Å²) in [6, 6.07) is 0. The van der Waals surface area contributed by atoms with Crippen molar-refractivity contribution in [3.63, 3.8) is 0 Å². The summed E-state index contributed by atoms with van der Waals surface area (Å²) in [6.45, 7) is 3.37. The zero-order chi connectivity index (χ0) is 9.56. The van der Waals surface area contributed by atoms with Gasteiger partial charge in [0.05, 0.1) is 0 Å². The molecule has 1 heterocycles. The summed E-state index contributed by atoms with van der Waals surface area (Å²) < 4.78 is 0. The number of rotatable bonds is 3. The lowest BCUT2D eigenvalue weighted by atomic mass is 10.1. The van der Waals surface area contributed by atoms with Crippen LogP contribution < -0.4 is 0 Å². The van der Waals surface area contributed by atoms with E-state index >= 15 is 0 Å². The molecule has 0 bridgehead atoms. The van der Waals surface area contributed by atoms with Crippen LogP contribution in [-0.2, 0) is 9.59 Å². The van der Waals surface area contributed by atoms with Crippen molar-refractivity contribution in [3.05, 3.63) is 0 Å². The fourth-order valence-corrected chi connectivity index (χ4v) is 0.353. The van der Waals surface area contributed by atoms with Crippen molar-refractivity contribution < 1.29 is 14.7 Å². The normalized spacial score (nSPS) is 13.2. The molecule has 1 saturated heterocycles. The Morgan fingerprint density at radius 3 is 1.92 bits per heavy atom. The highest BCUT2D eigenvalue weighted by atomic mass is 32.2. The Hall–Kier alpha value is -0.510. The van der Waals surface area contributed by atoms with Crippen molar-refractivity contribution in [2.45, 2.75) is 20.3 Å². The van der Waals surface area contributed by atoms with Crippen molar-refractivity contribution in [1.29, 1.82) is 0 Å². The molecule has 0 amide bonds. The smallest absolute Gasteiger partial charge is 0.310 e. The van der Waals surface area contributed by atoms with Crippen LogP contribution in [0.1, 0.15) is 20.3 Å². The zero-order valence-corrected chi connectivity index (χ0v) is 8.19. The first-order valence-electron chi connectivity index (χ1n) is 3.86. The number of carboxylic acids is 1. The monoisotopic (exact) mass is 190 g/mol. The Kier molecular flexibility index (Phi) is 5.80. The molecule has 0 aromatic carbocycles. The van der Waals surface area contributed by atoms with E-state index in [0.29, 0.717) is 0 Å². The third-order valence-corrected chi connectivity index (χ3v) is 1.58. The molecule has 0 aliphatic carbocycles. The first-order valence-corrected chi connectivity index (χ1v) is 5.01. The lowest BCUT2D eigenvalue weighted by Crippen LogP contribution is -2.12. The van der Waals surface area contributed by atoms with Gasteiger partial charge in [0.15, 0.2) is 0 Å². The molecule has 0 aromatic rings. The second-order valence-electron chi connectivity index (χ2n) is 2.80. The van der Waals surface area contributed by atoms with Crippen LogP contribution in [0, 0.1) is 5.92 Å². The summed E-state index contributed by atoms with van der Waals surface area (Å²) in [4.78, 5) is 20.5. The van der Waals surface area contributed by atoms with Crippen LogP contribution in [0.2, 0.25) is 0 Å². The van der Waals surface area contributed by atoms with Crippen molar-refractivity contribution in [2.75, 3.05) is 11.5 Å². The van der Waals surface area contributed by atoms with Crippen LogP contribution in [0.3, 0.4) is 0 Å². The average Bonchev–Trinajstić information content (AvgIpc) is 2.68. The molecule has 1 N–H and O–H groups in total. The zero-order valence-electron chi connectivity index (χ0n) is 7.37. The molecule has 1 aliphatic heterocycles. The second kappa shape index (κ2) is 6.06. The minimum Gasteiger partial charge on any atom is -0.481 e. The molecule has 12 heavy (non-hydrogen) atoms. The SMILES string of the molecule is C1CS1.CC(C)C(=O)CC(=O)O. The van der Waals surface area contributed by atoms with Gasteiger partial charge in [0.25, 0.3) is 0 Å². The van der Waals surface area contributed by atoms with Crippen LogP contribution in [-0.4, -0.2) is 28.4 Å². The standard InChI is InChI=1S/C6H10O3.C2H4S/c1-4(2)5(7)3-6(8)9;1-2-3-1/h4H,3H2,1-2H3,(H,8,9);1-2H2. The number of carboxylic acid groups (broad SMARTS) is 1. The molecule has 0 unspecified atom stereocenters. The number of ketones is 1. The minimum absolute atomic E-state index is 0.166. The minimum atomic E-state index is -1.05. The number of carbonyl (C=O) groups is 2. The fraction of sp³-hybridized carbons (Fsp3) is 0.750. The number of aliphatic carboxylic acids is 1. The molecule has 3 nitrogen and oxygen atoms in total. The van der Waals surface area contributed by atoms with Gasteiger partial charge in [-0.1, -0.05) is 13.8 Å². The van der Waals surface area contributed by atoms with E-state index in [1.54, 1.807) is 13.8 Å². The molecule has 0 radical (unpaired) electrons. The molecule has 0 aromatic heterocycles. The summed E-state index contributed by atoms with van der Waals surface area (Å²) in [5.41, 5.74) is 0. The van der Waals surface area contributed by atoms with E-state index < -0.39 is 5.97 Å². The summed E-state index contributed by atoms with van der Waals surface area (Å²) in [6.07, 6.45) is -0.350. The summed E-state index contributed by atoms with van der Waals surface area (Å²) >= 11 is 2.00. The topological polar surface area (TPSA) is 54.4 Å².